The van der Waals surface area contributed by atoms with Gasteiger partial charge in [0.05, 0.1) is 34.0 Å². The fourth-order valence-corrected chi connectivity index (χ4v) is 23.5. The van der Waals surface area contributed by atoms with E-state index in [9.17, 15) is 79.2 Å². The molecule has 8 aliphatic rings. The maximum Gasteiger partial charge on any atom is 0.247 e. The van der Waals surface area contributed by atoms with E-state index in [4.69, 9.17) is 24.7 Å². The zero-order chi connectivity index (χ0) is 93.7. The maximum absolute atomic E-state index is 16.0. The summed E-state index contributed by atoms with van der Waals surface area (Å²) in [5.41, 5.74) is 0.397. The first-order chi connectivity index (χ1) is 62.3. The number of nitrogen functional groups attached to an aromatic ring is 1. The molecule has 27 nitrogen and oxygen atoms in total. The molecule has 18 rings (SSSR count). The minimum atomic E-state index is -4.67. The van der Waals surface area contributed by atoms with Crippen molar-refractivity contribution in [1.29, 1.82) is 0 Å². The van der Waals surface area contributed by atoms with Crippen molar-refractivity contribution in [1.82, 2.24) is 46.0 Å². The fourth-order valence-electron chi connectivity index (χ4n) is 17.1. The average Bonchev–Trinajstić information content (AvgIpc) is 1.59. The number of hydrogen-bond acceptors (Lipinski definition) is 28. The highest BCUT2D eigenvalue weighted by Crippen LogP contribution is 2.54. The average molecular weight is 2050 g/mol. The molecule has 43 heteroatoms. The minimum Gasteiger partial charge on any atom is -0.476 e. The van der Waals surface area contributed by atoms with E-state index < -0.39 is 174 Å². The van der Waals surface area contributed by atoms with Crippen LogP contribution in [0.3, 0.4) is 0 Å². The van der Waals surface area contributed by atoms with Crippen LogP contribution < -0.4 is 11.9 Å². The summed E-state index contributed by atoms with van der Waals surface area (Å²) in [5.74, 6) is -14.8. The van der Waals surface area contributed by atoms with Crippen LogP contribution >= 0.6 is 39.5 Å². The van der Waals surface area contributed by atoms with Crippen LogP contribution in [0.25, 0.3) is 39.8 Å². The number of hydrogen-bond donors (Lipinski definition) is 2. The molecule has 135 heavy (non-hydrogen) atoms. The minimum absolute atomic E-state index is 0. The molecule has 4 spiro atoms. The molecule has 0 saturated heterocycles. The van der Waals surface area contributed by atoms with Gasteiger partial charge in [-0.05, 0) is 192 Å². The molecule has 10 aromatic rings. The summed E-state index contributed by atoms with van der Waals surface area (Å²) >= 11 is 6.13. The topological polar surface area (TPSA) is 437 Å². The van der Waals surface area contributed by atoms with E-state index in [1.807, 2.05) is 6.26 Å². The van der Waals surface area contributed by atoms with Crippen molar-refractivity contribution >= 4 is 148 Å². The number of halogens is 10. The van der Waals surface area contributed by atoms with Gasteiger partial charge in [0.25, 0.3) is 0 Å². The largest absolute Gasteiger partial charge is 0.476 e. The van der Waals surface area contributed by atoms with Gasteiger partial charge < -0.3 is 36.3 Å². The van der Waals surface area contributed by atoms with Crippen molar-refractivity contribution in [3.63, 3.8) is 0 Å². The van der Waals surface area contributed by atoms with Crippen molar-refractivity contribution in [3.8, 4) is 0 Å². The highest BCUT2D eigenvalue weighted by atomic mass is 79.9. The van der Waals surface area contributed by atoms with Crippen molar-refractivity contribution in [2.24, 2.45) is 0 Å². The molecule has 4 aliphatic carbocycles. The van der Waals surface area contributed by atoms with Crippen LogP contribution in [0, 0.1) is 52.4 Å². The summed E-state index contributed by atoms with van der Waals surface area (Å²) in [4.78, 5) is 82.8. The molecule has 714 valence electrons. The summed E-state index contributed by atoms with van der Waals surface area (Å²) in [6, 6.07) is 25.5. The number of carbonyl (C=O) groups is 4. The van der Waals surface area contributed by atoms with E-state index in [1.54, 1.807) is 24.6 Å². The zero-order valence-corrected chi connectivity index (χ0v) is 77.1. The van der Waals surface area contributed by atoms with E-state index in [0.717, 1.165) is 118 Å². The quantitative estimate of drug-likeness (QED) is 0.0431. The van der Waals surface area contributed by atoms with Crippen LogP contribution in [-0.2, 0) is 94.7 Å². The third kappa shape index (κ3) is 20.4. The molecule has 0 radical (unpaired) electrons. The van der Waals surface area contributed by atoms with E-state index in [-0.39, 0.29) is 111 Å². The molecule has 4 fully saturated rings. The van der Waals surface area contributed by atoms with Crippen LogP contribution in [0.5, 0.6) is 0 Å². The lowest BCUT2D eigenvalue weighted by atomic mass is 9.88. The van der Waals surface area contributed by atoms with Gasteiger partial charge in [0.2, 0.25) is 44.1 Å². The number of carbonyl (C=O) groups excluding carboxylic acids is 4. The first-order valence-corrected chi connectivity index (χ1v) is 50.7. The Bertz CT molecular complexity index is 6960. The predicted octanol–water partition coefficient (Wildman–Crippen LogP) is 17.4. The normalized spacial score (nSPS) is 17.2. The number of rotatable bonds is 19. The van der Waals surface area contributed by atoms with Crippen molar-refractivity contribution < 1.29 is 117 Å². The summed E-state index contributed by atoms with van der Waals surface area (Å²) < 4.78 is 259. The molecule has 7 N–H and O–H groups in total. The smallest absolute Gasteiger partial charge is 0.247 e. The Balaban J connectivity index is 0.000000175. The van der Waals surface area contributed by atoms with Gasteiger partial charge in [0.1, 0.15) is 94.3 Å². The standard InChI is InChI=1S/C26H21F3N2O6S2.C26H21F3N2O4S2.C25H20F3N3O4S.C13H13BrN2O2S.2CH4.H3N.H2O/c1-38(33,34)25-30-13-10-19(31-25)22-20(24(32)26(37-22)11-2-3-12-26)16-7-4-6-15(21(16)29)14-39(35,36)23-17(27)8-5-9-18(23)28;1-36-25-30-13-10-19(31-25)22-20(24(32)26(35-22)11-2-3-12-26)16-7-4-6-15(21(16)29)14-37(33,34)23-17(27)8-5-9-18(23)28;26-16-7-4-8-17(27)22(16)36(33,34)13-14-5-3-6-15(20(14)28)19-21(18-9-12-30-24(29)31-18)35-25(23(19)32)10-1-2-11-25;1-19-12-15-7-4-8(16-12)10-9(14)11(17)13(18-10)5-2-3-6-13;;;;/h4-10,13H,2-3,11-12,14H2,1H3;4-10,13H,2-3,11-12,14H2,1H3;3-9,12H,1-2,10-11,13H2,(H2,29,30,31);4,7H,2-3,5-6H2,1H3;2*1H4;1H3;1H2. The number of sulfone groups is 4. The Morgan fingerprint density at radius 1 is 0.370 bits per heavy atom. The van der Waals surface area contributed by atoms with Crippen molar-refractivity contribution in [2.75, 3.05) is 24.5 Å². The number of nitrogens with zero attached hydrogens (tertiary/aromatic N) is 8. The lowest BCUT2D eigenvalue weighted by Crippen LogP contribution is -2.33. The van der Waals surface area contributed by atoms with E-state index in [2.05, 4.69) is 55.8 Å². The summed E-state index contributed by atoms with van der Waals surface area (Å²) in [6.07, 6.45) is 20.8. The second-order valence-corrected chi connectivity index (χ2v) is 41.7. The van der Waals surface area contributed by atoms with Crippen molar-refractivity contribution in [3.05, 3.63) is 271 Å². The van der Waals surface area contributed by atoms with Gasteiger partial charge in [0, 0.05) is 64.4 Å². The summed E-state index contributed by atoms with van der Waals surface area (Å²) in [6.45, 7) is 0. The first-order valence-electron chi connectivity index (χ1n) is 40.6. The van der Waals surface area contributed by atoms with Gasteiger partial charge in [-0.15, -0.1) is 0 Å². The van der Waals surface area contributed by atoms with E-state index >= 15 is 13.2 Å². The molecule has 4 aliphatic heterocycles. The second-order valence-electron chi connectivity index (χ2n) is 31.7. The number of aromatic nitrogens is 8. The number of ketones is 4. The zero-order valence-electron chi connectivity index (χ0n) is 70.6. The van der Waals surface area contributed by atoms with Gasteiger partial charge in [-0.3, -0.25) is 19.2 Å². The molecule has 4 saturated carbocycles. The van der Waals surface area contributed by atoms with Crippen LogP contribution in [0.4, 0.5) is 45.5 Å². The third-order valence-corrected chi connectivity index (χ3v) is 31.0. The lowest BCUT2D eigenvalue weighted by molar-refractivity contribution is -0.128. The summed E-state index contributed by atoms with van der Waals surface area (Å²) in [5, 5.41) is 0.580. The Morgan fingerprint density at radius 3 is 0.926 bits per heavy atom. The number of ether oxygens (including phenoxy) is 4. The van der Waals surface area contributed by atoms with E-state index in [0.29, 0.717) is 83.3 Å². The van der Waals surface area contributed by atoms with Gasteiger partial charge in [-0.1, -0.05) is 111 Å². The molecule has 0 amide bonds. The Hall–Kier alpha value is -11.5. The van der Waals surface area contributed by atoms with Gasteiger partial charge >= 0.3 is 0 Å². The monoisotopic (exact) mass is 2050 g/mol. The first kappa shape index (κ1) is 104. The van der Waals surface area contributed by atoms with Crippen LogP contribution in [-0.4, -0.2) is 143 Å². The number of benzene rings is 6. The molecular weight excluding hydrogens is 1960 g/mol. The Morgan fingerprint density at radius 2 is 0.630 bits per heavy atom. The highest BCUT2D eigenvalue weighted by molar-refractivity contribution is 9.12. The van der Waals surface area contributed by atoms with Gasteiger partial charge in [0.15, 0.2) is 85.3 Å². The number of Topliss-reactive ketones (excluding diaryl/α,β-unsaturated/α-hetero) is 4. The highest BCUT2D eigenvalue weighted by Gasteiger charge is 2.57. The van der Waals surface area contributed by atoms with Gasteiger partial charge in [-0.2, -0.15) is 0 Å². The molecule has 4 aromatic heterocycles. The number of nitrogens with two attached hydrogens (primary N) is 1. The Labute approximate surface area is 788 Å². The predicted molar refractivity (Wildman–Crippen MR) is 488 cm³/mol. The van der Waals surface area contributed by atoms with Crippen LogP contribution in [0.2, 0.25) is 0 Å². The van der Waals surface area contributed by atoms with Crippen LogP contribution in [0.1, 0.15) is 174 Å². The summed E-state index contributed by atoms with van der Waals surface area (Å²) in [7, 11) is -17.7. The molecule has 0 unspecified atom stereocenters. The van der Waals surface area contributed by atoms with E-state index in [1.165, 1.54) is 103 Å². The number of anilines is 1. The van der Waals surface area contributed by atoms with Gasteiger partial charge in [-0.25, -0.2) is 113 Å². The van der Waals surface area contributed by atoms with Crippen LogP contribution in [0.15, 0.2) is 193 Å². The number of thioether (sulfide) groups is 2. The third-order valence-electron chi connectivity index (χ3n) is 23.2. The molecule has 8 heterocycles. The fraction of sp³-hybridized carbons (Fsp3) is 0.304. The molecule has 6 aromatic carbocycles. The Kier molecular flexibility index (Phi) is 31.8. The van der Waals surface area contributed by atoms with Crippen molar-refractivity contribution in [2.45, 2.75) is 187 Å². The second kappa shape index (κ2) is 41.2. The molecular formula is C92H88BrF9N10O17S6. The SMILES string of the molecule is C.C.CS(=O)(=O)c1nccc(C2=C(c3cccc(CS(=O)(=O)c4c(F)cccc4F)c3F)C(=O)C3(CCCC3)O2)n1.CSc1nccc(C2=C(Br)C(=O)C3(CCCC3)O2)n1.CSc1nccc(C2=C(c3cccc(CS(=O)(=O)c4c(F)cccc4F)c3F)C(=O)C3(CCCC3)O2)n1.N.Nc1nccc(C2=C(c3cccc(CS(=O)(=O)c4c(F)cccc4F)c3F)C(=O)C3(CCCC3)O2)n1.O. The molecule has 0 atom stereocenters. The lowest BCUT2D eigenvalue weighted by Gasteiger charge is -2.22. The molecule has 0 bridgehead atoms. The maximum atomic E-state index is 16.0.